The van der Waals surface area contributed by atoms with E-state index in [0.29, 0.717) is 10.8 Å². The van der Waals surface area contributed by atoms with Crippen molar-refractivity contribution in [1.82, 2.24) is 5.32 Å². The smallest absolute Gasteiger partial charge is 0.137 e. The predicted octanol–water partition coefficient (Wildman–Crippen LogP) is 3.60. The van der Waals surface area contributed by atoms with E-state index < -0.39 is 6.10 Å². The molecule has 22 heavy (non-hydrogen) atoms. The van der Waals surface area contributed by atoms with Crippen LogP contribution >= 0.6 is 11.6 Å². The van der Waals surface area contributed by atoms with Crippen LogP contribution in [0.15, 0.2) is 48.5 Å². The van der Waals surface area contributed by atoms with Crippen molar-refractivity contribution in [2.45, 2.75) is 25.0 Å². The Morgan fingerprint density at radius 1 is 1.18 bits per heavy atom. The number of methoxy groups -OCH3 is 1. The van der Waals surface area contributed by atoms with E-state index in [4.69, 9.17) is 16.3 Å². The third-order valence-electron chi connectivity index (χ3n) is 3.86. The van der Waals surface area contributed by atoms with Gasteiger partial charge in [0, 0.05) is 6.04 Å². The lowest BCUT2D eigenvalue weighted by Crippen LogP contribution is -2.32. The van der Waals surface area contributed by atoms with Crippen LogP contribution in [0.2, 0.25) is 5.02 Å². The Morgan fingerprint density at radius 2 is 1.91 bits per heavy atom. The maximum Gasteiger partial charge on any atom is 0.137 e. The number of likely N-dealkylation sites (N-methyl/N-ethyl adjacent to an activating group) is 1. The summed E-state index contributed by atoms with van der Waals surface area (Å²) in [5, 5.41) is 14.4. The van der Waals surface area contributed by atoms with Crippen LogP contribution in [-0.2, 0) is 6.42 Å². The van der Waals surface area contributed by atoms with E-state index in [1.807, 2.05) is 31.3 Å². The average Bonchev–Trinajstić information content (AvgIpc) is 2.56. The third kappa shape index (κ3) is 4.23. The largest absolute Gasteiger partial charge is 0.495 e. The number of halogens is 1. The molecule has 0 fully saturated rings. The van der Waals surface area contributed by atoms with Gasteiger partial charge in [0.15, 0.2) is 0 Å². The van der Waals surface area contributed by atoms with Gasteiger partial charge in [0.1, 0.15) is 5.75 Å². The molecule has 1 unspecified atom stereocenters. The van der Waals surface area contributed by atoms with Crippen LogP contribution in [0.3, 0.4) is 0 Å². The molecule has 4 heteroatoms. The molecule has 2 aromatic carbocycles. The van der Waals surface area contributed by atoms with E-state index in [2.05, 4.69) is 17.4 Å². The maximum atomic E-state index is 10.6. The fourth-order valence-electron chi connectivity index (χ4n) is 2.52. The second-order valence-electron chi connectivity index (χ2n) is 5.26. The third-order valence-corrected chi connectivity index (χ3v) is 4.17. The molecule has 0 aliphatic carbocycles. The van der Waals surface area contributed by atoms with E-state index in [-0.39, 0.29) is 6.04 Å². The van der Waals surface area contributed by atoms with Crippen molar-refractivity contribution in [1.29, 1.82) is 0 Å². The summed E-state index contributed by atoms with van der Waals surface area (Å²) >= 11 is 6.03. The standard InChI is InChI=1S/C18H22ClNO2/c1-20-16(11-8-13-6-4-3-5-7-13)18(21)14-9-10-15(19)17(12-14)22-2/h3-7,9-10,12,16,18,20-21H,8,11H2,1-2H3/t16-,18?/m0/s1. The molecule has 0 aliphatic heterocycles. The Morgan fingerprint density at radius 3 is 2.55 bits per heavy atom. The molecule has 0 saturated heterocycles. The van der Waals surface area contributed by atoms with Gasteiger partial charge in [-0.1, -0.05) is 48.0 Å². The number of benzene rings is 2. The van der Waals surface area contributed by atoms with Crippen molar-refractivity contribution in [3.05, 3.63) is 64.7 Å². The lowest BCUT2D eigenvalue weighted by molar-refractivity contribution is 0.127. The quantitative estimate of drug-likeness (QED) is 0.819. The first kappa shape index (κ1) is 16.8. The highest BCUT2D eigenvalue weighted by Gasteiger charge is 2.20. The van der Waals surface area contributed by atoms with Crippen molar-refractivity contribution in [2.75, 3.05) is 14.2 Å². The number of aliphatic hydroxyl groups excluding tert-OH is 1. The molecule has 0 radical (unpaired) electrons. The molecule has 0 heterocycles. The van der Waals surface area contributed by atoms with Crippen LogP contribution < -0.4 is 10.1 Å². The van der Waals surface area contributed by atoms with Crippen LogP contribution in [0.1, 0.15) is 23.7 Å². The minimum absolute atomic E-state index is 0.0360. The summed E-state index contributed by atoms with van der Waals surface area (Å²) in [6.07, 6.45) is 1.14. The minimum Gasteiger partial charge on any atom is -0.495 e. The summed E-state index contributed by atoms with van der Waals surface area (Å²) in [6, 6.07) is 15.6. The molecule has 0 aliphatic rings. The number of hydrogen-bond acceptors (Lipinski definition) is 3. The van der Waals surface area contributed by atoms with Gasteiger partial charge in [0.2, 0.25) is 0 Å². The van der Waals surface area contributed by atoms with Gasteiger partial charge in [-0.3, -0.25) is 0 Å². The van der Waals surface area contributed by atoms with Gasteiger partial charge in [0.25, 0.3) is 0 Å². The summed E-state index contributed by atoms with van der Waals surface area (Å²) in [5.74, 6) is 0.580. The number of aliphatic hydroxyl groups is 1. The average molecular weight is 320 g/mol. The number of hydrogen-bond donors (Lipinski definition) is 2. The van der Waals surface area contributed by atoms with Gasteiger partial charge in [0.05, 0.1) is 18.2 Å². The van der Waals surface area contributed by atoms with Gasteiger partial charge >= 0.3 is 0 Å². The van der Waals surface area contributed by atoms with Gasteiger partial charge in [-0.05, 0) is 43.1 Å². The molecule has 118 valence electrons. The molecular weight excluding hydrogens is 298 g/mol. The summed E-state index contributed by atoms with van der Waals surface area (Å²) in [5.41, 5.74) is 2.07. The zero-order valence-corrected chi connectivity index (χ0v) is 13.7. The minimum atomic E-state index is -0.611. The second-order valence-corrected chi connectivity index (χ2v) is 5.67. The molecule has 2 rings (SSSR count). The predicted molar refractivity (Wildman–Crippen MR) is 90.6 cm³/mol. The Kier molecular flexibility index (Phi) is 6.25. The van der Waals surface area contributed by atoms with Crippen molar-refractivity contribution in [3.8, 4) is 5.75 Å². The highest BCUT2D eigenvalue weighted by Crippen LogP contribution is 2.29. The van der Waals surface area contributed by atoms with Crippen molar-refractivity contribution in [3.63, 3.8) is 0 Å². The highest BCUT2D eigenvalue weighted by molar-refractivity contribution is 6.32. The van der Waals surface area contributed by atoms with Gasteiger partial charge in [-0.15, -0.1) is 0 Å². The topological polar surface area (TPSA) is 41.5 Å². The number of nitrogens with one attached hydrogen (secondary N) is 1. The SMILES string of the molecule is CN[C@@H](CCc1ccccc1)C(O)c1ccc(Cl)c(OC)c1. The lowest BCUT2D eigenvalue weighted by atomic mass is 9.96. The second kappa shape index (κ2) is 8.18. The van der Waals surface area contributed by atoms with Crippen LogP contribution in [0.5, 0.6) is 5.75 Å². The molecule has 0 amide bonds. The first-order chi connectivity index (χ1) is 10.7. The monoisotopic (exact) mass is 319 g/mol. The molecule has 3 nitrogen and oxygen atoms in total. The summed E-state index contributed by atoms with van der Waals surface area (Å²) < 4.78 is 5.22. The number of rotatable bonds is 7. The van der Waals surface area contributed by atoms with Gasteiger partial charge < -0.3 is 15.2 Å². The van der Waals surface area contributed by atoms with E-state index in [0.717, 1.165) is 18.4 Å². The normalized spacial score (nSPS) is 13.6. The zero-order valence-electron chi connectivity index (χ0n) is 12.9. The summed E-state index contributed by atoms with van der Waals surface area (Å²) in [4.78, 5) is 0. The van der Waals surface area contributed by atoms with Crippen LogP contribution in [-0.4, -0.2) is 25.3 Å². The Hall–Kier alpha value is -1.55. The van der Waals surface area contributed by atoms with E-state index in [1.165, 1.54) is 5.56 Å². The molecule has 0 saturated carbocycles. The number of ether oxygens (including phenoxy) is 1. The van der Waals surface area contributed by atoms with Crippen molar-refractivity contribution < 1.29 is 9.84 Å². The van der Waals surface area contributed by atoms with Crippen LogP contribution in [0, 0.1) is 0 Å². The van der Waals surface area contributed by atoms with E-state index in [9.17, 15) is 5.11 Å². The first-order valence-corrected chi connectivity index (χ1v) is 7.76. The fraction of sp³-hybridized carbons (Fsp3) is 0.333. The van der Waals surface area contributed by atoms with Crippen molar-refractivity contribution in [2.24, 2.45) is 0 Å². The van der Waals surface area contributed by atoms with Gasteiger partial charge in [-0.2, -0.15) is 0 Å². The summed E-state index contributed by atoms with van der Waals surface area (Å²) in [6.45, 7) is 0. The molecular formula is C18H22ClNO2. The van der Waals surface area contributed by atoms with E-state index in [1.54, 1.807) is 19.2 Å². The molecule has 2 aromatic rings. The Bertz CT molecular complexity index is 589. The molecule has 0 spiro atoms. The zero-order chi connectivity index (χ0) is 15.9. The summed E-state index contributed by atoms with van der Waals surface area (Å²) in [7, 11) is 3.44. The first-order valence-electron chi connectivity index (χ1n) is 7.38. The fourth-order valence-corrected chi connectivity index (χ4v) is 2.71. The van der Waals surface area contributed by atoms with Crippen LogP contribution in [0.25, 0.3) is 0 Å². The number of aryl methyl sites for hydroxylation is 1. The van der Waals surface area contributed by atoms with Crippen LogP contribution in [0.4, 0.5) is 0 Å². The highest BCUT2D eigenvalue weighted by atomic mass is 35.5. The van der Waals surface area contributed by atoms with E-state index >= 15 is 0 Å². The molecule has 0 bridgehead atoms. The molecule has 0 aromatic heterocycles. The molecule has 2 N–H and O–H groups in total. The Balaban J connectivity index is 2.06. The van der Waals surface area contributed by atoms with Crippen molar-refractivity contribution >= 4 is 11.6 Å². The molecule has 2 atom stereocenters. The lowest BCUT2D eigenvalue weighted by Gasteiger charge is -2.23. The Labute approximate surface area is 136 Å². The maximum absolute atomic E-state index is 10.6. The van der Waals surface area contributed by atoms with Gasteiger partial charge in [-0.25, -0.2) is 0 Å².